The molecule has 138 valence electrons. The van der Waals surface area contributed by atoms with Crippen LogP contribution in [0.25, 0.3) is 0 Å². The van der Waals surface area contributed by atoms with Crippen molar-refractivity contribution in [1.29, 1.82) is 0 Å². The van der Waals surface area contributed by atoms with E-state index in [-0.39, 0.29) is 0 Å². The minimum atomic E-state index is -0.692. The molecule has 0 aliphatic heterocycles. The molecule has 3 heteroatoms. The Morgan fingerprint density at radius 3 is 2.21 bits per heavy atom. The van der Waals surface area contributed by atoms with Crippen LogP contribution in [-0.4, -0.2) is 6.04 Å². The van der Waals surface area contributed by atoms with Crippen LogP contribution < -0.4 is 5.73 Å². The zero-order valence-electron chi connectivity index (χ0n) is 15.7. The summed E-state index contributed by atoms with van der Waals surface area (Å²) in [7, 11) is 0. The van der Waals surface area contributed by atoms with Crippen LogP contribution in [0.4, 0.5) is 8.78 Å². The van der Waals surface area contributed by atoms with Crippen molar-refractivity contribution in [2.24, 2.45) is 11.7 Å². The van der Waals surface area contributed by atoms with E-state index >= 15 is 0 Å². The largest absolute Gasteiger partial charge is 0.328 e. The molecular formula is C21H35F2N. The summed E-state index contributed by atoms with van der Waals surface area (Å²) >= 11 is 0. The van der Waals surface area contributed by atoms with Gasteiger partial charge in [0.25, 0.3) is 0 Å². The van der Waals surface area contributed by atoms with Gasteiger partial charge in [0, 0.05) is 6.04 Å². The summed E-state index contributed by atoms with van der Waals surface area (Å²) in [4.78, 5) is 0. The van der Waals surface area contributed by atoms with Gasteiger partial charge in [-0.15, -0.1) is 0 Å². The van der Waals surface area contributed by atoms with Crippen LogP contribution in [0.5, 0.6) is 0 Å². The molecule has 1 rings (SSSR count). The molecule has 0 aliphatic rings. The van der Waals surface area contributed by atoms with Gasteiger partial charge in [0.05, 0.1) is 0 Å². The van der Waals surface area contributed by atoms with Crippen LogP contribution in [0.1, 0.15) is 82.8 Å². The number of rotatable bonds is 12. The third kappa shape index (κ3) is 7.29. The lowest BCUT2D eigenvalue weighted by atomic mass is 9.90. The third-order valence-corrected chi connectivity index (χ3v) is 4.96. The van der Waals surface area contributed by atoms with Crippen molar-refractivity contribution in [3.05, 3.63) is 34.9 Å². The Hall–Kier alpha value is -0.960. The smallest absolute Gasteiger partial charge is 0.162 e. The van der Waals surface area contributed by atoms with Gasteiger partial charge >= 0.3 is 0 Å². The Bertz CT molecular complexity index is 473. The molecule has 1 aromatic carbocycles. The Labute approximate surface area is 147 Å². The molecule has 0 bridgehead atoms. The van der Waals surface area contributed by atoms with E-state index in [4.69, 9.17) is 5.73 Å². The molecule has 0 spiro atoms. The van der Waals surface area contributed by atoms with Crippen molar-refractivity contribution in [1.82, 2.24) is 0 Å². The number of benzene rings is 1. The molecule has 1 nitrogen and oxygen atoms in total. The molecule has 0 amide bonds. The lowest BCUT2D eigenvalue weighted by molar-refractivity contribution is 0.376. The molecule has 0 aromatic heterocycles. The van der Waals surface area contributed by atoms with Gasteiger partial charge in [-0.1, -0.05) is 64.5 Å². The number of halogens is 2. The number of nitrogens with two attached hydrogens (primary N) is 1. The van der Waals surface area contributed by atoms with Gasteiger partial charge in [0.1, 0.15) is 0 Å². The minimum Gasteiger partial charge on any atom is -0.328 e. The molecule has 0 saturated heterocycles. The Kier molecular flexibility index (Phi) is 10.2. The fourth-order valence-corrected chi connectivity index (χ4v) is 3.49. The van der Waals surface area contributed by atoms with Crippen molar-refractivity contribution in [3.8, 4) is 0 Å². The fraction of sp³-hybridized carbons (Fsp3) is 0.714. The van der Waals surface area contributed by atoms with Crippen LogP contribution in [0.2, 0.25) is 0 Å². The Balaban J connectivity index is 2.39. The number of hydrogen-bond donors (Lipinski definition) is 1. The van der Waals surface area contributed by atoms with E-state index in [0.717, 1.165) is 32.1 Å². The van der Waals surface area contributed by atoms with E-state index in [0.29, 0.717) is 29.5 Å². The second kappa shape index (κ2) is 11.6. The molecule has 2 N–H and O–H groups in total. The van der Waals surface area contributed by atoms with Gasteiger partial charge in [-0.3, -0.25) is 0 Å². The van der Waals surface area contributed by atoms with Gasteiger partial charge in [-0.2, -0.15) is 0 Å². The molecular weight excluding hydrogens is 304 g/mol. The maximum Gasteiger partial charge on any atom is 0.162 e. The van der Waals surface area contributed by atoms with E-state index in [1.807, 2.05) is 0 Å². The van der Waals surface area contributed by atoms with Gasteiger partial charge in [0.15, 0.2) is 11.6 Å². The highest BCUT2D eigenvalue weighted by Gasteiger charge is 2.13. The van der Waals surface area contributed by atoms with Crippen molar-refractivity contribution >= 4 is 0 Å². The van der Waals surface area contributed by atoms with Crippen LogP contribution in [0.3, 0.4) is 0 Å². The van der Waals surface area contributed by atoms with Crippen LogP contribution >= 0.6 is 0 Å². The first-order chi connectivity index (χ1) is 11.5. The first-order valence-corrected chi connectivity index (χ1v) is 9.68. The van der Waals surface area contributed by atoms with E-state index in [9.17, 15) is 8.78 Å². The van der Waals surface area contributed by atoms with Crippen molar-refractivity contribution in [2.45, 2.75) is 91.0 Å². The third-order valence-electron chi connectivity index (χ3n) is 4.96. The van der Waals surface area contributed by atoms with Gasteiger partial charge in [-0.05, 0) is 49.7 Å². The van der Waals surface area contributed by atoms with Crippen LogP contribution in [0.15, 0.2) is 12.1 Å². The predicted octanol–water partition coefficient (Wildman–Crippen LogP) is 6.31. The summed E-state index contributed by atoms with van der Waals surface area (Å²) in [6, 6.07) is 3.74. The first kappa shape index (κ1) is 21.1. The maximum atomic E-state index is 13.9. The van der Waals surface area contributed by atoms with E-state index in [1.54, 1.807) is 19.1 Å². The summed E-state index contributed by atoms with van der Waals surface area (Å²) in [5.74, 6) is -0.669. The zero-order valence-corrected chi connectivity index (χ0v) is 15.7. The van der Waals surface area contributed by atoms with E-state index in [2.05, 4.69) is 13.8 Å². The normalized spacial score (nSPS) is 13.9. The second-order valence-corrected chi connectivity index (χ2v) is 7.20. The average molecular weight is 340 g/mol. The topological polar surface area (TPSA) is 26.0 Å². The highest BCUT2D eigenvalue weighted by Crippen LogP contribution is 2.24. The highest BCUT2D eigenvalue weighted by molar-refractivity contribution is 5.25. The predicted molar refractivity (Wildman–Crippen MR) is 99.2 cm³/mol. The van der Waals surface area contributed by atoms with Gasteiger partial charge < -0.3 is 5.73 Å². The zero-order chi connectivity index (χ0) is 17.9. The Morgan fingerprint density at radius 2 is 1.54 bits per heavy atom. The fourth-order valence-electron chi connectivity index (χ4n) is 3.49. The summed E-state index contributed by atoms with van der Waals surface area (Å²) in [5.41, 5.74) is 6.98. The monoisotopic (exact) mass is 339 g/mol. The lowest BCUT2D eigenvalue weighted by Gasteiger charge is -2.17. The summed E-state index contributed by atoms with van der Waals surface area (Å²) < 4.78 is 27.5. The average Bonchev–Trinajstić information content (AvgIpc) is 2.55. The van der Waals surface area contributed by atoms with Crippen molar-refractivity contribution in [3.63, 3.8) is 0 Å². The van der Waals surface area contributed by atoms with Crippen molar-refractivity contribution in [2.75, 3.05) is 0 Å². The van der Waals surface area contributed by atoms with E-state index in [1.165, 1.54) is 25.7 Å². The molecule has 2 unspecified atom stereocenters. The van der Waals surface area contributed by atoms with Crippen LogP contribution in [0, 0.1) is 24.5 Å². The number of aryl methyl sites for hydroxylation is 2. The molecule has 0 saturated carbocycles. The van der Waals surface area contributed by atoms with Crippen molar-refractivity contribution < 1.29 is 8.78 Å². The van der Waals surface area contributed by atoms with Gasteiger partial charge in [-0.25, -0.2) is 8.78 Å². The Morgan fingerprint density at radius 1 is 0.875 bits per heavy atom. The van der Waals surface area contributed by atoms with E-state index < -0.39 is 11.6 Å². The maximum absolute atomic E-state index is 13.9. The molecule has 0 fully saturated rings. The van der Waals surface area contributed by atoms with Gasteiger partial charge in [0.2, 0.25) is 0 Å². The standard InChI is InChI=1S/C21H35F2N/c1-4-8-17(11-7-13-19(24)9-5-2)10-6-12-18-15-14-16(3)20(22)21(18)23/h14-15,17,19H,4-13,24H2,1-3H3. The second-order valence-electron chi connectivity index (χ2n) is 7.20. The van der Waals surface area contributed by atoms with Crippen LogP contribution in [-0.2, 0) is 6.42 Å². The SMILES string of the molecule is CCCC(N)CCCC(CCC)CCCc1ccc(C)c(F)c1F. The first-order valence-electron chi connectivity index (χ1n) is 9.68. The lowest BCUT2D eigenvalue weighted by Crippen LogP contribution is -2.19. The summed E-state index contributed by atoms with van der Waals surface area (Å²) in [6.45, 7) is 5.99. The molecule has 0 heterocycles. The minimum absolute atomic E-state index is 0.335. The molecule has 2 atom stereocenters. The molecule has 1 aromatic rings. The number of hydrogen-bond acceptors (Lipinski definition) is 1. The molecule has 24 heavy (non-hydrogen) atoms. The quantitative estimate of drug-likeness (QED) is 0.474. The molecule has 0 aliphatic carbocycles. The summed E-state index contributed by atoms with van der Waals surface area (Å²) in [6.07, 6.45) is 10.8. The highest BCUT2D eigenvalue weighted by atomic mass is 19.2. The molecule has 0 radical (unpaired) electrons. The summed E-state index contributed by atoms with van der Waals surface area (Å²) in [5, 5.41) is 0.